The van der Waals surface area contributed by atoms with E-state index in [9.17, 15) is 35.1 Å². The number of hydrogen-bond donors (Lipinski definition) is 5. The molecule has 2 aliphatic rings. The van der Waals surface area contributed by atoms with Crippen molar-refractivity contribution in [1.82, 2.24) is 0 Å². The summed E-state index contributed by atoms with van der Waals surface area (Å²) in [6.07, 6.45) is 1.42. The number of allylic oxidation sites excluding steroid dienone is 1. The number of carbonyl (C=O) groups excluding carboxylic acids is 2. The van der Waals surface area contributed by atoms with Crippen LogP contribution in [0.3, 0.4) is 0 Å². The largest absolute Gasteiger partial charge is 0.508 e. The monoisotopic (exact) mass is 524 g/mol. The van der Waals surface area contributed by atoms with Gasteiger partial charge in [0.25, 0.3) is 0 Å². The van der Waals surface area contributed by atoms with Crippen LogP contribution in [0.4, 0.5) is 0 Å². The second-order valence-electron chi connectivity index (χ2n) is 9.22. The Labute approximate surface area is 221 Å². The Morgan fingerprint density at radius 3 is 2.13 bits per heavy atom. The molecule has 0 aliphatic carbocycles. The molecule has 2 aliphatic heterocycles. The molecule has 9 heteroatoms. The van der Waals surface area contributed by atoms with Crippen LogP contribution in [0.5, 0.6) is 40.2 Å². The number of benzene rings is 4. The third-order valence-electron chi connectivity index (χ3n) is 6.80. The molecule has 4 aromatic carbocycles. The summed E-state index contributed by atoms with van der Waals surface area (Å²) in [6.45, 7) is 0. The second-order valence-corrected chi connectivity index (χ2v) is 9.22. The van der Waals surface area contributed by atoms with E-state index in [1.807, 2.05) is 0 Å². The zero-order valence-electron chi connectivity index (χ0n) is 20.0. The van der Waals surface area contributed by atoms with Gasteiger partial charge in [0.2, 0.25) is 11.4 Å². The van der Waals surface area contributed by atoms with Crippen molar-refractivity contribution in [2.45, 2.75) is 11.7 Å². The molecular formula is C30H20O9. The van der Waals surface area contributed by atoms with Crippen molar-refractivity contribution in [3.8, 4) is 40.2 Å². The van der Waals surface area contributed by atoms with E-state index in [1.54, 1.807) is 12.1 Å². The van der Waals surface area contributed by atoms with Crippen molar-refractivity contribution >= 4 is 17.6 Å². The maximum Gasteiger partial charge on any atom is 0.244 e. The van der Waals surface area contributed by atoms with Gasteiger partial charge in [0.1, 0.15) is 45.8 Å². The van der Waals surface area contributed by atoms with Crippen molar-refractivity contribution < 1.29 is 44.6 Å². The maximum absolute atomic E-state index is 14.0. The molecule has 0 bridgehead atoms. The highest BCUT2D eigenvalue weighted by Crippen LogP contribution is 2.61. The molecule has 39 heavy (non-hydrogen) atoms. The van der Waals surface area contributed by atoms with E-state index in [-0.39, 0.29) is 45.4 Å². The van der Waals surface area contributed by atoms with Gasteiger partial charge in [0.05, 0.1) is 11.1 Å². The van der Waals surface area contributed by atoms with Crippen LogP contribution in [-0.2, 0) is 5.60 Å². The number of hydrogen-bond acceptors (Lipinski definition) is 9. The molecule has 2 unspecified atom stereocenters. The van der Waals surface area contributed by atoms with E-state index in [0.717, 1.165) is 6.07 Å². The van der Waals surface area contributed by atoms with Gasteiger partial charge >= 0.3 is 0 Å². The smallest absolute Gasteiger partial charge is 0.244 e. The molecule has 0 aromatic heterocycles. The highest BCUT2D eigenvalue weighted by molar-refractivity contribution is 6.14. The number of phenolic OH excluding ortho intramolecular Hbond substituents is 5. The van der Waals surface area contributed by atoms with E-state index >= 15 is 0 Å². The fourth-order valence-corrected chi connectivity index (χ4v) is 5.01. The first kappa shape index (κ1) is 23.9. The van der Waals surface area contributed by atoms with E-state index < -0.39 is 34.8 Å². The van der Waals surface area contributed by atoms with E-state index in [0.29, 0.717) is 11.1 Å². The van der Waals surface area contributed by atoms with Crippen LogP contribution in [-0.4, -0.2) is 37.1 Å². The summed E-state index contributed by atoms with van der Waals surface area (Å²) < 4.78 is 12.4. The number of ether oxygens (including phenoxy) is 2. The molecule has 6 rings (SSSR count). The van der Waals surface area contributed by atoms with Gasteiger partial charge in [-0.25, -0.2) is 0 Å². The van der Waals surface area contributed by atoms with Gasteiger partial charge in [-0.3, -0.25) is 9.59 Å². The average Bonchev–Trinajstić information content (AvgIpc) is 3.38. The number of carbonyl (C=O) groups is 2. The average molecular weight is 524 g/mol. The number of rotatable bonds is 4. The van der Waals surface area contributed by atoms with Crippen LogP contribution in [0.25, 0.3) is 6.08 Å². The summed E-state index contributed by atoms with van der Waals surface area (Å²) in [4.78, 5) is 27.3. The Kier molecular flexibility index (Phi) is 5.25. The molecule has 0 saturated heterocycles. The molecule has 0 fully saturated rings. The number of Topliss-reactive ketones (excluding diaryl/α,β-unsaturated/α-hetero) is 1. The zero-order chi connectivity index (χ0) is 27.5. The number of fused-ring (bicyclic) bond motifs is 3. The van der Waals surface area contributed by atoms with Crippen LogP contribution in [0.15, 0.2) is 78.9 Å². The van der Waals surface area contributed by atoms with Crippen molar-refractivity contribution in [2.75, 3.05) is 0 Å². The van der Waals surface area contributed by atoms with Crippen molar-refractivity contribution in [1.29, 1.82) is 0 Å². The lowest BCUT2D eigenvalue weighted by atomic mass is 9.80. The van der Waals surface area contributed by atoms with Crippen LogP contribution in [0.1, 0.15) is 43.5 Å². The standard InChI is InChI=1S/C30H20O9/c31-17-6-1-15(2-7-17)3-12-21(34)25-22(35)14-23(36)26-27(25)38-29(16-4-8-18(32)9-5-16)30(26)28(37)20-11-10-19(33)13-24(20)39-30/h1-14,29,31-33,35-36H/b12-3+. The molecule has 194 valence electrons. The second kappa shape index (κ2) is 8.56. The Hall–Kier alpha value is -5.44. The number of phenols is 5. The number of aromatic hydroxyl groups is 5. The summed E-state index contributed by atoms with van der Waals surface area (Å²) in [6, 6.07) is 16.8. The predicted molar refractivity (Wildman–Crippen MR) is 137 cm³/mol. The summed E-state index contributed by atoms with van der Waals surface area (Å²) >= 11 is 0. The van der Waals surface area contributed by atoms with Gasteiger partial charge in [-0.2, -0.15) is 0 Å². The topological polar surface area (TPSA) is 154 Å². The van der Waals surface area contributed by atoms with E-state index in [2.05, 4.69) is 0 Å². The molecular weight excluding hydrogens is 504 g/mol. The lowest BCUT2D eigenvalue weighted by Crippen LogP contribution is -2.41. The molecule has 1 spiro atoms. The fourth-order valence-electron chi connectivity index (χ4n) is 5.01. The van der Waals surface area contributed by atoms with Gasteiger partial charge in [-0.1, -0.05) is 30.3 Å². The lowest BCUT2D eigenvalue weighted by molar-refractivity contribution is 0.00599. The van der Waals surface area contributed by atoms with E-state index in [1.165, 1.54) is 66.7 Å². The van der Waals surface area contributed by atoms with Gasteiger partial charge < -0.3 is 35.0 Å². The minimum Gasteiger partial charge on any atom is -0.508 e. The molecule has 0 saturated carbocycles. The Bertz CT molecular complexity index is 1690. The highest BCUT2D eigenvalue weighted by Gasteiger charge is 2.64. The third-order valence-corrected chi connectivity index (χ3v) is 6.80. The van der Waals surface area contributed by atoms with Crippen LogP contribution >= 0.6 is 0 Å². The number of ketones is 2. The first-order chi connectivity index (χ1) is 18.7. The Morgan fingerprint density at radius 1 is 0.795 bits per heavy atom. The predicted octanol–water partition coefficient (Wildman–Crippen LogP) is 4.72. The molecule has 2 atom stereocenters. The minimum absolute atomic E-state index is 0.0362. The lowest BCUT2D eigenvalue weighted by Gasteiger charge is -2.28. The van der Waals surface area contributed by atoms with Crippen molar-refractivity contribution in [2.24, 2.45) is 0 Å². The summed E-state index contributed by atoms with van der Waals surface area (Å²) in [5.41, 5.74) is -1.35. The first-order valence-corrected chi connectivity index (χ1v) is 11.8. The summed E-state index contributed by atoms with van der Waals surface area (Å²) in [5, 5.41) is 51.1. The first-order valence-electron chi connectivity index (χ1n) is 11.8. The van der Waals surface area contributed by atoms with Crippen molar-refractivity contribution in [3.63, 3.8) is 0 Å². The fraction of sp³-hybridized carbons (Fsp3) is 0.0667. The molecule has 2 heterocycles. The van der Waals surface area contributed by atoms with Crippen LogP contribution < -0.4 is 9.47 Å². The molecule has 4 aromatic rings. The van der Waals surface area contributed by atoms with Gasteiger partial charge in [0.15, 0.2) is 11.9 Å². The SMILES string of the molecule is O=C(/C=C/c1ccc(O)cc1)c1c(O)cc(O)c2c1OC(c1ccc(O)cc1)C21Oc2cc(O)ccc2C1=O. The van der Waals surface area contributed by atoms with Crippen molar-refractivity contribution in [3.05, 3.63) is 107 Å². The van der Waals surface area contributed by atoms with E-state index in [4.69, 9.17) is 9.47 Å². The minimum atomic E-state index is -2.00. The molecule has 5 N–H and O–H groups in total. The molecule has 0 radical (unpaired) electrons. The summed E-state index contributed by atoms with van der Waals surface area (Å²) in [7, 11) is 0. The van der Waals surface area contributed by atoms with Gasteiger partial charge in [0, 0.05) is 12.1 Å². The van der Waals surface area contributed by atoms with Gasteiger partial charge in [-0.15, -0.1) is 0 Å². The maximum atomic E-state index is 14.0. The quantitative estimate of drug-likeness (QED) is 0.189. The normalized spacial score (nSPS) is 19.1. The molecule has 0 amide bonds. The van der Waals surface area contributed by atoms with Crippen LogP contribution in [0, 0.1) is 0 Å². The van der Waals surface area contributed by atoms with Gasteiger partial charge in [-0.05, 0) is 53.6 Å². The summed E-state index contributed by atoms with van der Waals surface area (Å²) in [5.74, 6) is -2.70. The third kappa shape index (κ3) is 3.63. The van der Waals surface area contributed by atoms with Crippen LogP contribution in [0.2, 0.25) is 0 Å². The Balaban J connectivity index is 1.53. The molecule has 9 nitrogen and oxygen atoms in total. The highest BCUT2D eigenvalue weighted by atomic mass is 16.6. The zero-order valence-corrected chi connectivity index (χ0v) is 20.0. The Morgan fingerprint density at radius 2 is 1.44 bits per heavy atom.